The second-order valence-electron chi connectivity index (χ2n) is 15.6. The quantitative estimate of drug-likeness (QED) is 0.156. The van der Waals surface area contributed by atoms with E-state index in [2.05, 4.69) is 187 Å². The lowest BCUT2D eigenvalue weighted by atomic mass is 9.66. The minimum Gasteiger partial charge on any atom is -0.311 e. The molecular weight excluding hydrogens is 627 g/mol. The average Bonchev–Trinajstić information content (AvgIpc) is 3.65. The first-order valence-electron chi connectivity index (χ1n) is 19.1. The SMILES string of the molecule is c1ccc(-c2ccc(N(c3ccc(-c4ccccc4)cc3)c3ccc(-c4ccc(-c5ccc(C67CC8CC(C6)C(C8)C7)cc5)cc4)cc3)cc2)cc1. The van der Waals surface area contributed by atoms with Crippen LogP contribution in [0.2, 0.25) is 0 Å². The van der Waals surface area contributed by atoms with E-state index in [1.54, 1.807) is 5.56 Å². The van der Waals surface area contributed by atoms with Crippen LogP contribution in [0.4, 0.5) is 17.1 Å². The van der Waals surface area contributed by atoms with E-state index in [1.807, 2.05) is 0 Å². The first-order valence-corrected chi connectivity index (χ1v) is 19.1. The van der Waals surface area contributed by atoms with Crippen molar-refractivity contribution in [3.63, 3.8) is 0 Å². The highest BCUT2D eigenvalue weighted by atomic mass is 15.1. The van der Waals surface area contributed by atoms with E-state index in [0.717, 1.165) is 34.8 Å². The Morgan fingerprint density at radius 3 is 0.981 bits per heavy atom. The number of hydrogen-bond donors (Lipinski definition) is 0. The third kappa shape index (κ3) is 5.66. The summed E-state index contributed by atoms with van der Waals surface area (Å²) >= 11 is 0. The highest BCUT2D eigenvalue weighted by Gasteiger charge is 2.56. The van der Waals surface area contributed by atoms with Crippen molar-refractivity contribution in [2.75, 3.05) is 4.90 Å². The number of benzene rings is 7. The Hall–Kier alpha value is -5.66. The molecule has 0 aliphatic heterocycles. The summed E-state index contributed by atoms with van der Waals surface area (Å²) < 4.78 is 0. The van der Waals surface area contributed by atoms with Crippen molar-refractivity contribution in [2.24, 2.45) is 17.8 Å². The zero-order valence-corrected chi connectivity index (χ0v) is 29.5. The third-order valence-electron chi connectivity index (χ3n) is 12.6. The third-order valence-corrected chi connectivity index (χ3v) is 12.6. The molecule has 0 N–H and O–H groups in total. The highest BCUT2D eigenvalue weighted by Crippen LogP contribution is 2.64. The van der Waals surface area contributed by atoms with E-state index >= 15 is 0 Å². The Kier molecular flexibility index (Phi) is 7.68. The van der Waals surface area contributed by atoms with Crippen LogP contribution >= 0.6 is 0 Å². The standard InChI is InChI=1S/C51H43N/c1-3-7-37(8-4-1)42-17-25-48(26-18-42)52(49-27-19-43(20-28-49)38-9-5-2-6-10-38)50-29-21-44(22-30-50)40-13-11-39(12-14-40)41-15-23-47(24-16-41)51-33-36-31-45(34-51)46(32-36)35-51/h1-30,36,45-46H,31-35H2. The van der Waals surface area contributed by atoms with Crippen LogP contribution in [-0.2, 0) is 5.41 Å². The normalized spacial score (nSPS) is 21.3. The molecule has 2 unspecified atom stereocenters. The molecule has 0 amide bonds. The summed E-state index contributed by atoms with van der Waals surface area (Å²) in [5.41, 5.74) is 15.4. The molecule has 0 aromatic heterocycles. The van der Waals surface area contributed by atoms with Gasteiger partial charge >= 0.3 is 0 Å². The van der Waals surface area contributed by atoms with Gasteiger partial charge in [0, 0.05) is 17.1 Å². The van der Waals surface area contributed by atoms with Gasteiger partial charge < -0.3 is 4.90 Å². The van der Waals surface area contributed by atoms with Crippen molar-refractivity contribution in [3.8, 4) is 44.5 Å². The molecule has 52 heavy (non-hydrogen) atoms. The van der Waals surface area contributed by atoms with Gasteiger partial charge in [0.1, 0.15) is 0 Å². The summed E-state index contributed by atoms with van der Waals surface area (Å²) in [5.74, 6) is 2.99. The Balaban J connectivity index is 0.910. The zero-order valence-electron chi connectivity index (χ0n) is 29.5. The second kappa shape index (κ2) is 12.8. The van der Waals surface area contributed by atoms with E-state index in [0.29, 0.717) is 5.41 Å². The summed E-state index contributed by atoms with van der Waals surface area (Å²) in [6, 6.07) is 66.8. The van der Waals surface area contributed by atoms with Crippen molar-refractivity contribution < 1.29 is 0 Å². The lowest BCUT2D eigenvalue weighted by Gasteiger charge is -2.39. The van der Waals surface area contributed by atoms with Crippen LogP contribution in [-0.4, -0.2) is 0 Å². The van der Waals surface area contributed by atoms with Gasteiger partial charge in [0.2, 0.25) is 0 Å². The van der Waals surface area contributed by atoms with Gasteiger partial charge in [0.15, 0.2) is 0 Å². The minimum atomic E-state index is 0.470. The fourth-order valence-electron chi connectivity index (χ4n) is 10.2. The van der Waals surface area contributed by atoms with Crippen LogP contribution in [0.1, 0.15) is 37.7 Å². The van der Waals surface area contributed by atoms with E-state index in [4.69, 9.17) is 0 Å². The van der Waals surface area contributed by atoms with Crippen molar-refractivity contribution in [3.05, 3.63) is 188 Å². The molecule has 0 saturated heterocycles. The molecule has 4 bridgehead atoms. The molecule has 11 rings (SSSR count). The number of rotatable bonds is 8. The first-order chi connectivity index (χ1) is 25.7. The van der Waals surface area contributed by atoms with Gasteiger partial charge in [-0.15, -0.1) is 0 Å². The van der Waals surface area contributed by atoms with Crippen molar-refractivity contribution in [1.29, 1.82) is 0 Å². The summed E-state index contributed by atoms with van der Waals surface area (Å²) in [4.78, 5) is 2.35. The van der Waals surface area contributed by atoms with Crippen LogP contribution in [0.15, 0.2) is 182 Å². The molecule has 0 heterocycles. The Labute approximate surface area is 308 Å². The molecule has 0 spiro atoms. The highest BCUT2D eigenvalue weighted by molar-refractivity contribution is 5.81. The maximum Gasteiger partial charge on any atom is 0.0462 e. The maximum absolute atomic E-state index is 2.45. The van der Waals surface area contributed by atoms with Gasteiger partial charge in [0.25, 0.3) is 0 Å². The van der Waals surface area contributed by atoms with Gasteiger partial charge in [-0.05, 0) is 142 Å². The average molecular weight is 670 g/mol. The van der Waals surface area contributed by atoms with Crippen molar-refractivity contribution in [1.82, 2.24) is 0 Å². The molecule has 2 atom stereocenters. The monoisotopic (exact) mass is 669 g/mol. The van der Waals surface area contributed by atoms with Gasteiger partial charge in [-0.25, -0.2) is 0 Å². The topological polar surface area (TPSA) is 3.24 Å². The molecule has 4 aliphatic rings. The van der Waals surface area contributed by atoms with E-state index < -0.39 is 0 Å². The Bertz CT molecular complexity index is 2180. The molecule has 1 heteroatoms. The minimum absolute atomic E-state index is 0.470. The largest absolute Gasteiger partial charge is 0.311 e. The fourth-order valence-corrected chi connectivity index (χ4v) is 10.2. The smallest absolute Gasteiger partial charge is 0.0462 e. The van der Waals surface area contributed by atoms with Crippen LogP contribution < -0.4 is 4.90 Å². The summed E-state index contributed by atoms with van der Waals surface area (Å²) in [7, 11) is 0. The number of anilines is 3. The molecule has 0 radical (unpaired) electrons. The zero-order chi connectivity index (χ0) is 34.5. The van der Waals surface area contributed by atoms with E-state index in [-0.39, 0.29) is 0 Å². The predicted octanol–water partition coefficient (Wildman–Crippen LogP) is 13.9. The molecule has 4 aliphatic carbocycles. The Morgan fingerprint density at radius 1 is 0.327 bits per heavy atom. The molecule has 1 nitrogen and oxygen atoms in total. The molecule has 252 valence electrons. The predicted molar refractivity (Wildman–Crippen MR) is 218 cm³/mol. The van der Waals surface area contributed by atoms with E-state index in [1.165, 1.54) is 76.6 Å². The van der Waals surface area contributed by atoms with Crippen molar-refractivity contribution in [2.45, 2.75) is 37.5 Å². The van der Waals surface area contributed by atoms with Crippen LogP contribution in [0.3, 0.4) is 0 Å². The van der Waals surface area contributed by atoms with Crippen LogP contribution in [0.5, 0.6) is 0 Å². The summed E-state index contributed by atoms with van der Waals surface area (Å²) in [6.45, 7) is 0. The fraction of sp³-hybridized carbons (Fsp3) is 0.176. The number of nitrogens with zero attached hydrogens (tertiary/aromatic N) is 1. The van der Waals surface area contributed by atoms with Gasteiger partial charge in [-0.3, -0.25) is 0 Å². The molecular formula is C51H43N. The van der Waals surface area contributed by atoms with Crippen LogP contribution in [0, 0.1) is 17.8 Å². The first kappa shape index (κ1) is 31.1. The van der Waals surface area contributed by atoms with Crippen molar-refractivity contribution >= 4 is 17.1 Å². The number of hydrogen-bond acceptors (Lipinski definition) is 1. The molecule has 7 aromatic carbocycles. The summed E-state index contributed by atoms with van der Waals surface area (Å²) in [5, 5.41) is 0. The van der Waals surface area contributed by atoms with Gasteiger partial charge in [-0.2, -0.15) is 0 Å². The van der Waals surface area contributed by atoms with Crippen LogP contribution in [0.25, 0.3) is 44.5 Å². The maximum atomic E-state index is 2.45. The lowest BCUT2D eigenvalue weighted by molar-refractivity contribution is 0.229. The van der Waals surface area contributed by atoms with Gasteiger partial charge in [-0.1, -0.05) is 146 Å². The summed E-state index contributed by atoms with van der Waals surface area (Å²) in [6.07, 6.45) is 7.29. The molecule has 7 aromatic rings. The molecule has 4 fully saturated rings. The lowest BCUT2D eigenvalue weighted by Crippen LogP contribution is -2.31. The molecule has 4 saturated carbocycles. The Morgan fingerprint density at radius 2 is 0.635 bits per heavy atom. The van der Waals surface area contributed by atoms with Gasteiger partial charge in [0.05, 0.1) is 0 Å². The van der Waals surface area contributed by atoms with E-state index in [9.17, 15) is 0 Å². The second-order valence-corrected chi connectivity index (χ2v) is 15.6.